The van der Waals surface area contributed by atoms with Crippen LogP contribution < -0.4 is 0 Å². The molecule has 0 bridgehead atoms. The molecule has 7 nitrogen and oxygen atoms in total. The molecule has 0 radical (unpaired) electrons. The van der Waals surface area contributed by atoms with Crippen molar-refractivity contribution in [1.82, 2.24) is 0 Å². The van der Waals surface area contributed by atoms with Gasteiger partial charge in [0.25, 0.3) is 0 Å². The largest absolute Gasteiger partial charge is 0.479 e. The molecule has 0 heterocycles. The first-order valence-corrected chi connectivity index (χ1v) is 12.1. The van der Waals surface area contributed by atoms with Crippen LogP contribution in [0.4, 0.5) is 0 Å². The van der Waals surface area contributed by atoms with Gasteiger partial charge in [-0.2, -0.15) is 0 Å². The maximum Gasteiger partial charge on any atom is 0.346 e. The molecule has 194 valence electrons. The highest BCUT2D eigenvalue weighted by Gasteiger charge is 2.37. The monoisotopic (exact) mass is 488 g/mol. The second-order valence-corrected chi connectivity index (χ2v) is 9.25. The van der Waals surface area contributed by atoms with Crippen molar-refractivity contribution in [2.75, 3.05) is 13.2 Å². The lowest BCUT2D eigenvalue weighted by Crippen LogP contribution is -2.45. The maximum atomic E-state index is 12.3. The molecule has 0 aromatic rings. The van der Waals surface area contributed by atoms with Gasteiger partial charge in [0, 0.05) is 19.3 Å². The molecule has 0 spiro atoms. The molecule has 1 aliphatic rings. The van der Waals surface area contributed by atoms with Crippen LogP contribution in [-0.4, -0.2) is 48.4 Å². The number of aliphatic carboxylic acids is 1. The zero-order valence-electron chi connectivity index (χ0n) is 22.1. The van der Waals surface area contributed by atoms with E-state index in [4.69, 9.17) is 14.2 Å². The Balaban J connectivity index is 2.80. The Labute approximate surface area is 209 Å². The molecule has 0 amide bonds. The van der Waals surface area contributed by atoms with Crippen LogP contribution >= 0.6 is 0 Å². The zero-order chi connectivity index (χ0) is 26.6. The Morgan fingerprint density at radius 2 is 1.66 bits per heavy atom. The minimum absolute atomic E-state index is 0.0525. The number of carboxylic acid groups (broad SMARTS) is 1. The highest BCUT2D eigenvalue weighted by Crippen LogP contribution is 2.40. The van der Waals surface area contributed by atoms with Gasteiger partial charge in [-0.3, -0.25) is 0 Å². The molecule has 7 heteroatoms. The Morgan fingerprint density at radius 3 is 2.23 bits per heavy atom. The number of hydrogen-bond donors (Lipinski definition) is 1. The molecule has 0 aromatic carbocycles. The fraction of sp³-hybridized carbons (Fsp3) is 0.536. The SMILES string of the molecule is CCOC(C(=O)O)C(OCC)C(=O)OC(=O)C=C(C)C=CC=C(C)C=CC1=C(C)CCCC1(C)C. The number of esters is 2. The number of carboxylic acids is 1. The summed E-state index contributed by atoms with van der Waals surface area (Å²) in [7, 11) is 0. The zero-order valence-corrected chi connectivity index (χ0v) is 22.1. The van der Waals surface area contributed by atoms with Crippen LogP contribution in [0.15, 0.2) is 58.7 Å². The average Bonchev–Trinajstić information content (AvgIpc) is 2.74. The van der Waals surface area contributed by atoms with E-state index in [1.54, 1.807) is 26.8 Å². The van der Waals surface area contributed by atoms with Crippen molar-refractivity contribution >= 4 is 17.9 Å². The Hall–Kier alpha value is -2.77. The Bertz CT molecular complexity index is 916. The van der Waals surface area contributed by atoms with Gasteiger partial charge in [0.15, 0.2) is 12.2 Å². The van der Waals surface area contributed by atoms with E-state index in [2.05, 4.69) is 32.9 Å². The Morgan fingerprint density at radius 1 is 1.03 bits per heavy atom. The van der Waals surface area contributed by atoms with Crippen molar-refractivity contribution in [2.45, 2.75) is 79.9 Å². The molecular weight excluding hydrogens is 448 g/mol. The lowest BCUT2D eigenvalue weighted by molar-refractivity contribution is -0.181. The summed E-state index contributed by atoms with van der Waals surface area (Å²) < 4.78 is 15.0. The minimum atomic E-state index is -1.56. The van der Waals surface area contributed by atoms with Gasteiger partial charge in [-0.25, -0.2) is 14.4 Å². The van der Waals surface area contributed by atoms with Crippen LogP contribution in [0, 0.1) is 5.41 Å². The van der Waals surface area contributed by atoms with E-state index in [0.717, 1.165) is 18.1 Å². The molecule has 1 N–H and O–H groups in total. The summed E-state index contributed by atoms with van der Waals surface area (Å²) in [6.07, 6.45) is 11.4. The number of ether oxygens (including phenoxy) is 3. The first-order valence-electron chi connectivity index (χ1n) is 12.1. The van der Waals surface area contributed by atoms with Crippen molar-refractivity contribution in [3.05, 3.63) is 58.7 Å². The van der Waals surface area contributed by atoms with Gasteiger partial charge in [-0.15, -0.1) is 0 Å². The van der Waals surface area contributed by atoms with E-state index in [1.807, 2.05) is 19.1 Å². The summed E-state index contributed by atoms with van der Waals surface area (Å²) in [4.78, 5) is 35.9. The summed E-state index contributed by atoms with van der Waals surface area (Å²) in [6.45, 7) is 13.8. The number of carbonyl (C=O) groups excluding carboxylic acids is 2. The third-order valence-electron chi connectivity index (χ3n) is 5.76. The van der Waals surface area contributed by atoms with Gasteiger partial charge in [0.05, 0.1) is 0 Å². The van der Waals surface area contributed by atoms with E-state index in [0.29, 0.717) is 5.57 Å². The predicted octanol–water partition coefficient (Wildman–Crippen LogP) is 5.48. The van der Waals surface area contributed by atoms with Gasteiger partial charge >= 0.3 is 17.9 Å². The highest BCUT2D eigenvalue weighted by atomic mass is 16.6. The van der Waals surface area contributed by atoms with E-state index in [-0.39, 0.29) is 18.6 Å². The highest BCUT2D eigenvalue weighted by molar-refractivity contribution is 5.96. The summed E-state index contributed by atoms with van der Waals surface area (Å²) in [6, 6.07) is 0. The van der Waals surface area contributed by atoms with Crippen LogP contribution in [0.1, 0.15) is 67.7 Å². The molecule has 0 fully saturated rings. The van der Waals surface area contributed by atoms with Crippen molar-refractivity contribution in [2.24, 2.45) is 5.41 Å². The van der Waals surface area contributed by atoms with Gasteiger partial charge in [-0.05, 0) is 70.4 Å². The average molecular weight is 489 g/mol. The first-order chi connectivity index (χ1) is 16.4. The van der Waals surface area contributed by atoms with Crippen molar-refractivity contribution in [1.29, 1.82) is 0 Å². The van der Waals surface area contributed by atoms with Gasteiger partial charge in [0.1, 0.15) is 0 Å². The van der Waals surface area contributed by atoms with E-state index >= 15 is 0 Å². The van der Waals surface area contributed by atoms with Crippen molar-refractivity contribution < 1.29 is 33.7 Å². The molecule has 1 aliphatic carbocycles. The first kappa shape index (κ1) is 30.3. The van der Waals surface area contributed by atoms with Crippen LogP contribution in [0.2, 0.25) is 0 Å². The predicted molar refractivity (Wildman–Crippen MR) is 136 cm³/mol. The number of carbonyl (C=O) groups is 3. The van der Waals surface area contributed by atoms with Crippen LogP contribution in [0.25, 0.3) is 0 Å². The molecule has 2 atom stereocenters. The lowest BCUT2D eigenvalue weighted by Gasteiger charge is -2.32. The lowest BCUT2D eigenvalue weighted by atomic mass is 9.72. The number of rotatable bonds is 12. The molecule has 1 rings (SSSR count). The van der Waals surface area contributed by atoms with Crippen LogP contribution in [0.5, 0.6) is 0 Å². The van der Waals surface area contributed by atoms with Crippen molar-refractivity contribution in [3.8, 4) is 0 Å². The van der Waals surface area contributed by atoms with E-state index < -0.39 is 30.1 Å². The fourth-order valence-corrected chi connectivity index (χ4v) is 3.98. The standard InChI is InChI=1S/C28H40O7/c1-8-33-24(26(30)31)25(34-9-2)27(32)35-23(29)18-20(4)13-10-12-19(3)15-16-22-21(5)14-11-17-28(22,6)7/h10,12-13,15-16,18,24-25H,8-9,11,14,17H2,1-7H3,(H,30,31). The molecule has 0 aliphatic heterocycles. The van der Waals surface area contributed by atoms with Gasteiger partial charge in [0.2, 0.25) is 0 Å². The molecule has 0 saturated heterocycles. The van der Waals surface area contributed by atoms with E-state index in [9.17, 15) is 19.5 Å². The quantitative estimate of drug-likeness (QED) is 0.168. The maximum absolute atomic E-state index is 12.3. The van der Waals surface area contributed by atoms with Crippen LogP contribution in [-0.2, 0) is 28.6 Å². The Kier molecular flexibility index (Phi) is 12.6. The van der Waals surface area contributed by atoms with E-state index in [1.165, 1.54) is 24.0 Å². The second-order valence-electron chi connectivity index (χ2n) is 9.25. The number of hydrogen-bond acceptors (Lipinski definition) is 6. The van der Waals surface area contributed by atoms with Crippen LogP contribution in [0.3, 0.4) is 0 Å². The molecule has 35 heavy (non-hydrogen) atoms. The van der Waals surface area contributed by atoms with Crippen molar-refractivity contribution in [3.63, 3.8) is 0 Å². The fourth-order valence-electron chi connectivity index (χ4n) is 3.98. The molecule has 0 saturated carbocycles. The third-order valence-corrected chi connectivity index (χ3v) is 5.76. The second kappa shape index (κ2) is 14.6. The smallest absolute Gasteiger partial charge is 0.346 e. The third kappa shape index (κ3) is 10.2. The van der Waals surface area contributed by atoms with Gasteiger partial charge < -0.3 is 19.3 Å². The number of allylic oxidation sites excluding steroid dienone is 9. The molecular formula is C28H40O7. The molecule has 2 unspecified atom stereocenters. The summed E-state index contributed by atoms with van der Waals surface area (Å²) in [5.41, 5.74) is 4.64. The minimum Gasteiger partial charge on any atom is -0.479 e. The summed E-state index contributed by atoms with van der Waals surface area (Å²) in [5.74, 6) is -3.40. The van der Waals surface area contributed by atoms with Gasteiger partial charge in [-0.1, -0.05) is 55.4 Å². The molecule has 0 aromatic heterocycles. The topological polar surface area (TPSA) is 99.1 Å². The summed E-state index contributed by atoms with van der Waals surface area (Å²) in [5, 5.41) is 9.29. The normalized spacial score (nSPS) is 18.7. The summed E-state index contributed by atoms with van der Waals surface area (Å²) >= 11 is 0.